The van der Waals surface area contributed by atoms with Gasteiger partial charge >= 0.3 is 0 Å². The van der Waals surface area contributed by atoms with E-state index < -0.39 is 10.0 Å². The fourth-order valence-corrected chi connectivity index (χ4v) is 1.27. The van der Waals surface area contributed by atoms with Gasteiger partial charge in [0.2, 0.25) is 10.0 Å². The monoisotopic (exact) mass is 201 g/mol. The number of hydrogen-bond donors (Lipinski definition) is 1. The largest absolute Gasteiger partial charge is 0.384 e. The van der Waals surface area contributed by atoms with Crippen molar-refractivity contribution in [3.63, 3.8) is 0 Å². The van der Waals surface area contributed by atoms with Crippen LogP contribution in [-0.2, 0) is 10.0 Å². The van der Waals surface area contributed by atoms with E-state index >= 15 is 0 Å². The summed E-state index contributed by atoms with van der Waals surface area (Å²) in [5, 5.41) is 0. The molecule has 0 saturated heterocycles. The molecule has 1 aromatic rings. The molecule has 0 bridgehead atoms. The van der Waals surface area contributed by atoms with Crippen LogP contribution >= 0.6 is 0 Å². The molecular weight excluding hydrogens is 190 g/mol. The number of aromatic nitrogens is 1. The standard InChI is InChI=1S/C7H11N3O2S/c1-10(13(2,11)12)6-3-4-7(8)9-5-6/h3-5H,1-2H3,(H2,8,9). The van der Waals surface area contributed by atoms with Crippen LogP contribution in [0.4, 0.5) is 11.5 Å². The van der Waals surface area contributed by atoms with Gasteiger partial charge in [0, 0.05) is 7.05 Å². The number of nitrogens with two attached hydrogens (primary N) is 1. The van der Waals surface area contributed by atoms with Crippen molar-refractivity contribution in [2.45, 2.75) is 0 Å². The molecule has 0 amide bonds. The zero-order chi connectivity index (χ0) is 10.1. The molecule has 0 aliphatic carbocycles. The van der Waals surface area contributed by atoms with E-state index in [9.17, 15) is 8.42 Å². The van der Waals surface area contributed by atoms with Gasteiger partial charge < -0.3 is 5.73 Å². The van der Waals surface area contributed by atoms with Crippen molar-refractivity contribution in [2.75, 3.05) is 23.3 Å². The van der Waals surface area contributed by atoms with Gasteiger partial charge in [-0.3, -0.25) is 4.31 Å². The molecule has 1 rings (SSSR count). The van der Waals surface area contributed by atoms with Crippen LogP contribution in [0.1, 0.15) is 0 Å². The first-order valence-electron chi connectivity index (χ1n) is 3.56. The Morgan fingerprint density at radius 1 is 1.46 bits per heavy atom. The molecule has 0 unspecified atom stereocenters. The Hall–Kier alpha value is -1.30. The number of pyridine rings is 1. The van der Waals surface area contributed by atoms with Gasteiger partial charge in [-0.2, -0.15) is 0 Å². The highest BCUT2D eigenvalue weighted by molar-refractivity contribution is 7.92. The molecule has 72 valence electrons. The van der Waals surface area contributed by atoms with Crippen LogP contribution in [0.5, 0.6) is 0 Å². The maximum Gasteiger partial charge on any atom is 0.232 e. The van der Waals surface area contributed by atoms with E-state index in [4.69, 9.17) is 5.73 Å². The fraction of sp³-hybridized carbons (Fsp3) is 0.286. The van der Waals surface area contributed by atoms with Gasteiger partial charge in [-0.1, -0.05) is 0 Å². The molecule has 0 saturated carbocycles. The predicted octanol–water partition coefficient (Wildman–Crippen LogP) is 0.0596. The minimum absolute atomic E-state index is 0.366. The topological polar surface area (TPSA) is 76.3 Å². The van der Waals surface area contributed by atoms with Crippen molar-refractivity contribution in [1.82, 2.24) is 4.98 Å². The highest BCUT2D eigenvalue weighted by Crippen LogP contribution is 2.14. The molecular formula is C7H11N3O2S. The number of hydrogen-bond acceptors (Lipinski definition) is 4. The summed E-state index contributed by atoms with van der Waals surface area (Å²) >= 11 is 0. The molecule has 0 radical (unpaired) electrons. The summed E-state index contributed by atoms with van der Waals surface area (Å²) in [7, 11) is -1.76. The quantitative estimate of drug-likeness (QED) is 0.734. The lowest BCUT2D eigenvalue weighted by molar-refractivity contribution is 0.600. The Morgan fingerprint density at radius 2 is 2.08 bits per heavy atom. The van der Waals surface area contributed by atoms with Crippen LogP contribution in [-0.4, -0.2) is 26.7 Å². The summed E-state index contributed by atoms with van der Waals surface area (Å²) in [6.45, 7) is 0. The lowest BCUT2D eigenvalue weighted by Gasteiger charge is -2.15. The maximum absolute atomic E-state index is 11.1. The number of nitrogens with zero attached hydrogens (tertiary/aromatic N) is 2. The summed E-state index contributed by atoms with van der Waals surface area (Å²) < 4.78 is 23.3. The van der Waals surface area contributed by atoms with Crippen LogP contribution < -0.4 is 10.0 Å². The third kappa shape index (κ3) is 2.32. The van der Waals surface area contributed by atoms with E-state index in [1.807, 2.05) is 0 Å². The van der Waals surface area contributed by atoms with E-state index in [2.05, 4.69) is 4.98 Å². The predicted molar refractivity (Wildman–Crippen MR) is 51.9 cm³/mol. The zero-order valence-electron chi connectivity index (χ0n) is 7.43. The number of anilines is 2. The summed E-state index contributed by atoms with van der Waals surface area (Å²) in [4.78, 5) is 3.79. The van der Waals surface area contributed by atoms with Crippen LogP contribution in [0.25, 0.3) is 0 Å². The van der Waals surface area contributed by atoms with Crippen molar-refractivity contribution in [3.05, 3.63) is 18.3 Å². The Kier molecular flexibility index (Phi) is 2.42. The molecule has 6 heteroatoms. The Labute approximate surface area is 77.2 Å². The van der Waals surface area contributed by atoms with Gasteiger partial charge in [-0.05, 0) is 12.1 Å². The van der Waals surface area contributed by atoms with Gasteiger partial charge in [0.05, 0.1) is 18.1 Å². The number of nitrogen functional groups attached to an aromatic ring is 1. The van der Waals surface area contributed by atoms with Crippen molar-refractivity contribution >= 4 is 21.5 Å². The van der Waals surface area contributed by atoms with E-state index in [0.29, 0.717) is 11.5 Å². The molecule has 1 aromatic heterocycles. The molecule has 1 heterocycles. The Balaban J connectivity index is 3.04. The fourth-order valence-electron chi connectivity index (χ4n) is 0.775. The number of rotatable bonds is 2. The lowest BCUT2D eigenvalue weighted by atomic mass is 10.4. The molecule has 0 atom stereocenters. The van der Waals surface area contributed by atoms with E-state index in [0.717, 1.165) is 10.6 Å². The Morgan fingerprint density at radius 3 is 2.46 bits per heavy atom. The van der Waals surface area contributed by atoms with E-state index in [1.165, 1.54) is 13.2 Å². The molecule has 0 aromatic carbocycles. The average molecular weight is 201 g/mol. The van der Waals surface area contributed by atoms with Crippen LogP contribution in [0.2, 0.25) is 0 Å². The van der Waals surface area contributed by atoms with Gasteiger partial charge in [-0.15, -0.1) is 0 Å². The molecule has 2 N–H and O–H groups in total. The molecule has 0 aliphatic heterocycles. The SMILES string of the molecule is CN(c1ccc(N)nc1)S(C)(=O)=O. The van der Waals surface area contributed by atoms with Gasteiger partial charge in [0.15, 0.2) is 0 Å². The van der Waals surface area contributed by atoms with Gasteiger partial charge in [-0.25, -0.2) is 13.4 Å². The number of sulfonamides is 1. The first-order chi connectivity index (χ1) is 5.91. The Bertz CT molecular complexity index is 385. The molecule has 0 fully saturated rings. The maximum atomic E-state index is 11.1. The highest BCUT2D eigenvalue weighted by Gasteiger charge is 2.11. The van der Waals surface area contributed by atoms with Crippen molar-refractivity contribution in [1.29, 1.82) is 0 Å². The summed E-state index contributed by atoms with van der Waals surface area (Å²) in [5.74, 6) is 0.366. The first-order valence-corrected chi connectivity index (χ1v) is 5.41. The third-order valence-electron chi connectivity index (χ3n) is 1.63. The summed E-state index contributed by atoms with van der Waals surface area (Å²) in [6.07, 6.45) is 2.54. The highest BCUT2D eigenvalue weighted by atomic mass is 32.2. The zero-order valence-corrected chi connectivity index (χ0v) is 8.25. The van der Waals surface area contributed by atoms with Crippen LogP contribution in [0.15, 0.2) is 18.3 Å². The van der Waals surface area contributed by atoms with Crippen molar-refractivity contribution in [3.8, 4) is 0 Å². The molecule has 0 aliphatic rings. The van der Waals surface area contributed by atoms with E-state index in [1.54, 1.807) is 12.1 Å². The second kappa shape index (κ2) is 3.21. The smallest absolute Gasteiger partial charge is 0.232 e. The normalized spacial score (nSPS) is 11.2. The second-order valence-corrected chi connectivity index (χ2v) is 4.69. The molecule has 5 nitrogen and oxygen atoms in total. The van der Waals surface area contributed by atoms with Crippen LogP contribution in [0.3, 0.4) is 0 Å². The second-order valence-electron chi connectivity index (χ2n) is 2.67. The van der Waals surface area contributed by atoms with Gasteiger partial charge in [0.1, 0.15) is 5.82 Å². The summed E-state index contributed by atoms with van der Waals surface area (Å²) in [6, 6.07) is 3.15. The molecule has 13 heavy (non-hydrogen) atoms. The summed E-state index contributed by atoms with van der Waals surface area (Å²) in [5.41, 5.74) is 5.85. The minimum atomic E-state index is -3.22. The van der Waals surface area contributed by atoms with Crippen molar-refractivity contribution in [2.24, 2.45) is 0 Å². The third-order valence-corrected chi connectivity index (χ3v) is 2.84. The van der Waals surface area contributed by atoms with Gasteiger partial charge in [0.25, 0.3) is 0 Å². The first kappa shape index (κ1) is 9.79. The minimum Gasteiger partial charge on any atom is -0.384 e. The molecule has 0 spiro atoms. The van der Waals surface area contributed by atoms with Crippen LogP contribution in [0, 0.1) is 0 Å². The lowest BCUT2D eigenvalue weighted by Crippen LogP contribution is -2.24. The van der Waals surface area contributed by atoms with Crippen molar-refractivity contribution < 1.29 is 8.42 Å². The average Bonchev–Trinajstić information content (AvgIpc) is 2.03. The van der Waals surface area contributed by atoms with E-state index in [-0.39, 0.29) is 0 Å².